The van der Waals surface area contributed by atoms with Crippen molar-refractivity contribution in [3.8, 4) is 0 Å². The third kappa shape index (κ3) is 2.49. The maximum absolute atomic E-state index is 12.0. The zero-order valence-electron chi connectivity index (χ0n) is 9.04. The summed E-state index contributed by atoms with van der Waals surface area (Å²) in [5.41, 5.74) is 0. The molecule has 2 unspecified atom stereocenters. The van der Waals surface area contributed by atoms with Crippen LogP contribution in [0.25, 0.3) is 0 Å². The monoisotopic (exact) mass is 200 g/mol. The summed E-state index contributed by atoms with van der Waals surface area (Å²) in [6.45, 7) is 8.63. The summed E-state index contributed by atoms with van der Waals surface area (Å²) in [5.74, 6) is 4.25. The van der Waals surface area contributed by atoms with Crippen LogP contribution in [0.4, 0.5) is 0 Å². The van der Waals surface area contributed by atoms with Crippen molar-refractivity contribution >= 4 is 17.5 Å². The average molecular weight is 200 g/mol. The van der Waals surface area contributed by atoms with Crippen LogP contribution >= 0.6 is 11.8 Å². The third-order valence-electron chi connectivity index (χ3n) is 2.94. The van der Waals surface area contributed by atoms with Gasteiger partial charge in [-0.3, -0.25) is 4.79 Å². The molecular formula is C11H20OS. The van der Waals surface area contributed by atoms with Crippen LogP contribution in [0.15, 0.2) is 0 Å². The number of Topliss-reactive ketones (excluding diaryl/α,β-unsaturated/α-hetero) is 1. The minimum absolute atomic E-state index is 0.311. The summed E-state index contributed by atoms with van der Waals surface area (Å²) in [7, 11) is 0. The molecule has 76 valence electrons. The minimum Gasteiger partial charge on any atom is -0.299 e. The third-order valence-corrected chi connectivity index (χ3v) is 4.12. The van der Waals surface area contributed by atoms with Gasteiger partial charge in [0, 0.05) is 23.3 Å². The van der Waals surface area contributed by atoms with E-state index in [0.717, 1.165) is 11.5 Å². The van der Waals surface area contributed by atoms with Crippen LogP contribution in [0.5, 0.6) is 0 Å². The van der Waals surface area contributed by atoms with E-state index in [4.69, 9.17) is 0 Å². The summed E-state index contributed by atoms with van der Waals surface area (Å²) in [4.78, 5) is 12.0. The van der Waals surface area contributed by atoms with Gasteiger partial charge in [-0.15, -0.1) is 0 Å². The Kier molecular flexibility index (Phi) is 3.84. The van der Waals surface area contributed by atoms with E-state index in [-0.39, 0.29) is 0 Å². The molecule has 0 amide bonds. The van der Waals surface area contributed by atoms with Crippen LogP contribution in [0, 0.1) is 23.7 Å². The van der Waals surface area contributed by atoms with Crippen molar-refractivity contribution in [1.29, 1.82) is 0 Å². The van der Waals surface area contributed by atoms with Gasteiger partial charge in [0.15, 0.2) is 0 Å². The van der Waals surface area contributed by atoms with Crippen LogP contribution in [0.1, 0.15) is 27.7 Å². The number of thioether (sulfide) groups is 1. The van der Waals surface area contributed by atoms with Crippen LogP contribution in [0.3, 0.4) is 0 Å². The Morgan fingerprint density at radius 2 is 1.46 bits per heavy atom. The summed E-state index contributed by atoms with van der Waals surface area (Å²) in [6.07, 6.45) is 0. The van der Waals surface area contributed by atoms with E-state index < -0.39 is 0 Å². The molecule has 0 radical (unpaired) electrons. The molecule has 0 N–H and O–H groups in total. The van der Waals surface area contributed by atoms with Gasteiger partial charge < -0.3 is 0 Å². The molecule has 0 aliphatic carbocycles. The van der Waals surface area contributed by atoms with Crippen molar-refractivity contribution in [3.63, 3.8) is 0 Å². The highest BCUT2D eigenvalue weighted by Gasteiger charge is 2.34. The van der Waals surface area contributed by atoms with Crippen molar-refractivity contribution in [2.75, 3.05) is 11.5 Å². The second-order valence-electron chi connectivity index (χ2n) is 4.64. The first-order chi connectivity index (χ1) is 6.04. The van der Waals surface area contributed by atoms with Crippen LogP contribution < -0.4 is 0 Å². The predicted molar refractivity (Wildman–Crippen MR) is 59.0 cm³/mol. The first kappa shape index (κ1) is 11.1. The molecule has 0 saturated carbocycles. The minimum atomic E-state index is 0.311. The molecule has 0 aromatic rings. The first-order valence-electron chi connectivity index (χ1n) is 5.15. The van der Waals surface area contributed by atoms with E-state index >= 15 is 0 Å². The summed E-state index contributed by atoms with van der Waals surface area (Å²) >= 11 is 1.95. The van der Waals surface area contributed by atoms with Crippen LogP contribution in [-0.4, -0.2) is 17.3 Å². The Morgan fingerprint density at radius 1 is 1.08 bits per heavy atom. The highest BCUT2D eigenvalue weighted by molar-refractivity contribution is 7.99. The van der Waals surface area contributed by atoms with E-state index in [1.807, 2.05) is 11.8 Å². The molecule has 1 fully saturated rings. The Bertz CT molecular complexity index is 169. The number of carbonyl (C=O) groups excluding carboxylic acids is 1. The number of ketones is 1. The fraction of sp³-hybridized carbons (Fsp3) is 0.909. The number of hydrogen-bond acceptors (Lipinski definition) is 2. The molecular weight excluding hydrogens is 180 g/mol. The van der Waals surface area contributed by atoms with E-state index in [2.05, 4.69) is 27.7 Å². The topological polar surface area (TPSA) is 17.1 Å². The lowest BCUT2D eigenvalue weighted by Gasteiger charge is -2.31. The second kappa shape index (κ2) is 4.50. The number of rotatable bonds is 2. The molecule has 0 bridgehead atoms. The normalized spacial score (nSPS) is 30.2. The Hall–Kier alpha value is 0.0200. The van der Waals surface area contributed by atoms with Gasteiger partial charge >= 0.3 is 0 Å². The smallest absolute Gasteiger partial charge is 0.141 e. The average Bonchev–Trinajstić information content (AvgIpc) is 2.03. The molecule has 0 aromatic heterocycles. The fourth-order valence-corrected chi connectivity index (χ4v) is 3.55. The zero-order valence-corrected chi connectivity index (χ0v) is 9.86. The van der Waals surface area contributed by atoms with Gasteiger partial charge in [0.05, 0.1) is 0 Å². The van der Waals surface area contributed by atoms with Gasteiger partial charge in [-0.05, 0) is 11.8 Å². The highest BCUT2D eigenvalue weighted by atomic mass is 32.2. The van der Waals surface area contributed by atoms with E-state index in [0.29, 0.717) is 29.5 Å². The standard InChI is InChI=1S/C11H20OS/c1-7(2)9-5-13-6-10(8(3)4)11(9)12/h7-10H,5-6H2,1-4H3. The van der Waals surface area contributed by atoms with Crippen molar-refractivity contribution in [3.05, 3.63) is 0 Å². The maximum Gasteiger partial charge on any atom is 0.141 e. The van der Waals surface area contributed by atoms with Crippen molar-refractivity contribution < 1.29 is 4.79 Å². The molecule has 2 heteroatoms. The van der Waals surface area contributed by atoms with Gasteiger partial charge in [0.2, 0.25) is 0 Å². The van der Waals surface area contributed by atoms with Crippen molar-refractivity contribution in [1.82, 2.24) is 0 Å². The molecule has 1 aliphatic heterocycles. The zero-order chi connectivity index (χ0) is 10.0. The SMILES string of the molecule is CC(C)C1CSCC(C(C)C)C1=O. The molecule has 0 spiro atoms. The lowest BCUT2D eigenvalue weighted by molar-refractivity contribution is -0.128. The highest BCUT2D eigenvalue weighted by Crippen LogP contribution is 2.32. The van der Waals surface area contributed by atoms with Gasteiger partial charge in [-0.2, -0.15) is 11.8 Å². The summed E-state index contributed by atoms with van der Waals surface area (Å²) in [6, 6.07) is 0. The van der Waals surface area contributed by atoms with E-state index in [1.54, 1.807) is 0 Å². The van der Waals surface area contributed by atoms with E-state index in [1.165, 1.54) is 0 Å². The second-order valence-corrected chi connectivity index (χ2v) is 5.72. The van der Waals surface area contributed by atoms with Gasteiger partial charge in [0.1, 0.15) is 5.78 Å². The maximum atomic E-state index is 12.0. The van der Waals surface area contributed by atoms with E-state index in [9.17, 15) is 4.79 Å². The molecule has 1 rings (SSSR count). The lowest BCUT2D eigenvalue weighted by Crippen LogP contribution is -2.37. The molecule has 2 atom stereocenters. The van der Waals surface area contributed by atoms with Crippen molar-refractivity contribution in [2.24, 2.45) is 23.7 Å². The molecule has 1 saturated heterocycles. The quantitative estimate of drug-likeness (QED) is 0.682. The molecule has 1 heterocycles. The van der Waals surface area contributed by atoms with Gasteiger partial charge in [-0.25, -0.2) is 0 Å². The van der Waals surface area contributed by atoms with Gasteiger partial charge in [0.25, 0.3) is 0 Å². The predicted octanol–water partition coefficient (Wildman–Crippen LogP) is 2.85. The molecule has 0 aromatic carbocycles. The lowest BCUT2D eigenvalue weighted by atomic mass is 9.82. The number of hydrogen-bond donors (Lipinski definition) is 0. The summed E-state index contributed by atoms with van der Waals surface area (Å²) in [5, 5.41) is 0. The van der Waals surface area contributed by atoms with Crippen LogP contribution in [0.2, 0.25) is 0 Å². The van der Waals surface area contributed by atoms with Crippen LogP contribution in [-0.2, 0) is 4.79 Å². The molecule has 1 aliphatic rings. The Labute approximate surface area is 85.7 Å². The fourth-order valence-electron chi connectivity index (χ4n) is 1.80. The summed E-state index contributed by atoms with van der Waals surface area (Å²) < 4.78 is 0. The Morgan fingerprint density at radius 3 is 1.77 bits per heavy atom. The van der Waals surface area contributed by atoms with Crippen molar-refractivity contribution in [2.45, 2.75) is 27.7 Å². The Balaban J connectivity index is 2.66. The largest absolute Gasteiger partial charge is 0.299 e. The molecule has 1 nitrogen and oxygen atoms in total. The first-order valence-corrected chi connectivity index (χ1v) is 6.31. The number of carbonyl (C=O) groups is 1. The molecule has 13 heavy (non-hydrogen) atoms. The van der Waals surface area contributed by atoms with Gasteiger partial charge in [-0.1, -0.05) is 27.7 Å².